The number of ether oxygens (including phenoxy) is 1. The Kier molecular flexibility index (Phi) is 3.93. The van der Waals surface area contributed by atoms with Gasteiger partial charge in [0.1, 0.15) is 5.75 Å². The summed E-state index contributed by atoms with van der Waals surface area (Å²) >= 11 is 0. The van der Waals surface area contributed by atoms with Gasteiger partial charge in [-0.2, -0.15) is 8.42 Å². The third-order valence-electron chi connectivity index (χ3n) is 2.13. The standard InChI is InChI=1S/C11H9FO5S/c1-4-8-5-9(11(13)16-3)6-10(7(8)2)17-18(12,14)15/h1,5-6H,2-3H3. The van der Waals surface area contributed by atoms with Crippen LogP contribution in [0.3, 0.4) is 0 Å². The van der Waals surface area contributed by atoms with Crippen molar-refractivity contribution in [2.75, 3.05) is 7.11 Å². The van der Waals surface area contributed by atoms with Crippen LogP contribution in [0.1, 0.15) is 21.5 Å². The molecule has 0 radical (unpaired) electrons. The molecule has 5 nitrogen and oxygen atoms in total. The van der Waals surface area contributed by atoms with Crippen LogP contribution in [0.4, 0.5) is 3.89 Å². The fourth-order valence-electron chi connectivity index (χ4n) is 1.27. The Hall–Kier alpha value is -2.07. The van der Waals surface area contributed by atoms with E-state index in [1.165, 1.54) is 13.0 Å². The normalized spacial score (nSPS) is 10.6. The number of terminal acetylenes is 1. The van der Waals surface area contributed by atoms with Gasteiger partial charge in [0.2, 0.25) is 0 Å². The van der Waals surface area contributed by atoms with E-state index in [1.54, 1.807) is 0 Å². The molecule has 0 bridgehead atoms. The molecule has 96 valence electrons. The van der Waals surface area contributed by atoms with Gasteiger partial charge in [-0.15, -0.1) is 6.42 Å². The molecule has 0 saturated heterocycles. The van der Waals surface area contributed by atoms with Crippen molar-refractivity contribution in [1.29, 1.82) is 0 Å². The minimum Gasteiger partial charge on any atom is -0.465 e. The second kappa shape index (κ2) is 5.06. The smallest absolute Gasteiger partial charge is 0.465 e. The molecule has 0 aliphatic rings. The van der Waals surface area contributed by atoms with E-state index in [9.17, 15) is 17.1 Å². The molecular weight excluding hydrogens is 263 g/mol. The lowest BCUT2D eigenvalue weighted by atomic mass is 10.0. The first-order valence-corrected chi connectivity index (χ1v) is 5.93. The molecule has 1 aromatic carbocycles. The molecule has 0 amide bonds. The number of carbonyl (C=O) groups is 1. The second-order valence-electron chi connectivity index (χ2n) is 3.26. The van der Waals surface area contributed by atoms with Crippen LogP contribution in [0, 0.1) is 19.3 Å². The summed E-state index contributed by atoms with van der Waals surface area (Å²) in [6.07, 6.45) is 5.19. The highest BCUT2D eigenvalue weighted by Gasteiger charge is 2.17. The fraction of sp³-hybridized carbons (Fsp3) is 0.182. The molecule has 18 heavy (non-hydrogen) atoms. The van der Waals surface area contributed by atoms with Gasteiger partial charge in [-0.25, -0.2) is 4.79 Å². The van der Waals surface area contributed by atoms with E-state index >= 15 is 0 Å². The maximum Gasteiger partial charge on any atom is 0.488 e. The third-order valence-corrected chi connectivity index (χ3v) is 2.50. The van der Waals surface area contributed by atoms with Crippen LogP contribution in [-0.4, -0.2) is 21.5 Å². The van der Waals surface area contributed by atoms with Crippen LogP contribution in [0.2, 0.25) is 0 Å². The zero-order valence-corrected chi connectivity index (χ0v) is 10.4. The number of esters is 1. The molecule has 0 saturated carbocycles. The molecule has 0 heterocycles. The average molecular weight is 272 g/mol. The first-order valence-electron chi connectivity index (χ1n) is 4.62. The van der Waals surface area contributed by atoms with Crippen molar-refractivity contribution in [3.63, 3.8) is 0 Å². The monoisotopic (exact) mass is 272 g/mol. The summed E-state index contributed by atoms with van der Waals surface area (Å²) in [6, 6.07) is 2.36. The molecule has 0 atom stereocenters. The predicted octanol–water partition coefficient (Wildman–Crippen LogP) is 1.36. The summed E-state index contributed by atoms with van der Waals surface area (Å²) in [6.45, 7) is 1.44. The van der Waals surface area contributed by atoms with E-state index in [0.29, 0.717) is 0 Å². The minimum absolute atomic E-state index is 0.0327. The quantitative estimate of drug-likeness (QED) is 0.472. The number of methoxy groups -OCH3 is 1. The molecule has 0 aliphatic heterocycles. The number of rotatable bonds is 3. The Balaban J connectivity index is 3.42. The highest BCUT2D eigenvalue weighted by Crippen LogP contribution is 2.25. The van der Waals surface area contributed by atoms with Gasteiger partial charge in [0.15, 0.2) is 0 Å². The van der Waals surface area contributed by atoms with E-state index < -0.39 is 16.5 Å². The van der Waals surface area contributed by atoms with E-state index in [-0.39, 0.29) is 22.4 Å². The van der Waals surface area contributed by atoms with Gasteiger partial charge in [-0.3, -0.25) is 0 Å². The molecule has 1 rings (SSSR count). The van der Waals surface area contributed by atoms with Crippen LogP contribution in [0.5, 0.6) is 5.75 Å². The van der Waals surface area contributed by atoms with Gasteiger partial charge in [0.05, 0.1) is 12.7 Å². The van der Waals surface area contributed by atoms with E-state index in [0.717, 1.165) is 13.2 Å². The summed E-state index contributed by atoms with van der Waals surface area (Å²) in [4.78, 5) is 11.3. The van der Waals surface area contributed by atoms with E-state index in [1.807, 2.05) is 0 Å². The zero-order chi connectivity index (χ0) is 13.9. The van der Waals surface area contributed by atoms with Gasteiger partial charge in [0.25, 0.3) is 0 Å². The molecule has 0 aliphatic carbocycles. The van der Waals surface area contributed by atoms with Gasteiger partial charge in [-0.1, -0.05) is 9.81 Å². The number of carbonyl (C=O) groups excluding carboxylic acids is 1. The molecular formula is C11H9FO5S. The summed E-state index contributed by atoms with van der Waals surface area (Å²) in [5.41, 5.74) is 0.401. The first kappa shape index (κ1) is 14.0. The molecule has 1 aromatic rings. The lowest BCUT2D eigenvalue weighted by Crippen LogP contribution is -2.07. The molecule has 0 fully saturated rings. The third kappa shape index (κ3) is 3.21. The number of benzene rings is 1. The molecule has 0 N–H and O–H groups in total. The summed E-state index contributed by atoms with van der Waals surface area (Å²) < 4.78 is 41.9. The maximum atomic E-state index is 12.5. The van der Waals surface area contributed by atoms with Crippen molar-refractivity contribution >= 4 is 16.5 Å². The van der Waals surface area contributed by atoms with Gasteiger partial charge in [0, 0.05) is 11.1 Å². The molecule has 0 spiro atoms. The van der Waals surface area contributed by atoms with Crippen LogP contribution in [0.15, 0.2) is 12.1 Å². The molecule has 0 aromatic heterocycles. The zero-order valence-electron chi connectivity index (χ0n) is 9.56. The topological polar surface area (TPSA) is 69.7 Å². The lowest BCUT2D eigenvalue weighted by Gasteiger charge is -2.09. The summed E-state index contributed by atoms with van der Waals surface area (Å²) in [5.74, 6) is 1.14. The Labute approximate surface area is 104 Å². The van der Waals surface area contributed by atoms with Crippen molar-refractivity contribution in [2.45, 2.75) is 6.92 Å². The van der Waals surface area contributed by atoms with Gasteiger partial charge >= 0.3 is 16.5 Å². The van der Waals surface area contributed by atoms with Crippen molar-refractivity contribution in [3.8, 4) is 18.1 Å². The lowest BCUT2D eigenvalue weighted by molar-refractivity contribution is 0.0600. The van der Waals surface area contributed by atoms with Crippen LogP contribution >= 0.6 is 0 Å². The summed E-state index contributed by atoms with van der Waals surface area (Å²) in [7, 11) is -4.05. The summed E-state index contributed by atoms with van der Waals surface area (Å²) in [5, 5.41) is 0. The highest BCUT2D eigenvalue weighted by atomic mass is 32.3. The molecule has 0 unspecified atom stereocenters. The number of halogens is 1. The number of hydrogen-bond donors (Lipinski definition) is 0. The van der Waals surface area contributed by atoms with Crippen LogP contribution < -0.4 is 4.18 Å². The number of hydrogen-bond acceptors (Lipinski definition) is 5. The van der Waals surface area contributed by atoms with Gasteiger partial charge in [-0.05, 0) is 19.1 Å². The maximum absolute atomic E-state index is 12.5. The average Bonchev–Trinajstić information content (AvgIpc) is 2.29. The van der Waals surface area contributed by atoms with Crippen molar-refractivity contribution in [1.82, 2.24) is 0 Å². The van der Waals surface area contributed by atoms with Crippen molar-refractivity contribution in [2.24, 2.45) is 0 Å². The highest BCUT2D eigenvalue weighted by molar-refractivity contribution is 7.81. The molecule has 7 heteroatoms. The fourth-order valence-corrected chi connectivity index (χ4v) is 1.65. The van der Waals surface area contributed by atoms with E-state index in [2.05, 4.69) is 14.8 Å². The Morgan fingerprint density at radius 2 is 2.06 bits per heavy atom. The first-order chi connectivity index (χ1) is 8.28. The Bertz CT molecular complexity index is 628. The Morgan fingerprint density at radius 1 is 1.44 bits per heavy atom. The SMILES string of the molecule is C#Cc1cc(C(=O)OC)cc(OS(=O)(=O)F)c1C. The minimum atomic E-state index is -5.19. The van der Waals surface area contributed by atoms with Gasteiger partial charge < -0.3 is 8.92 Å². The van der Waals surface area contributed by atoms with Crippen LogP contribution in [-0.2, 0) is 15.2 Å². The van der Waals surface area contributed by atoms with E-state index in [4.69, 9.17) is 6.42 Å². The second-order valence-corrected chi connectivity index (χ2v) is 4.21. The van der Waals surface area contributed by atoms with Crippen molar-refractivity contribution < 1.29 is 26.0 Å². The van der Waals surface area contributed by atoms with Crippen molar-refractivity contribution in [3.05, 3.63) is 28.8 Å². The van der Waals surface area contributed by atoms with Crippen LogP contribution in [0.25, 0.3) is 0 Å². The predicted molar refractivity (Wildman–Crippen MR) is 61.1 cm³/mol. The Morgan fingerprint density at radius 3 is 2.50 bits per heavy atom. The largest absolute Gasteiger partial charge is 0.488 e.